The molecule has 0 unspecified atom stereocenters. The van der Waals surface area contributed by atoms with Crippen molar-refractivity contribution < 1.29 is 17.9 Å². The maximum absolute atomic E-state index is 13.2. The van der Waals surface area contributed by atoms with Crippen LogP contribution in [-0.2, 0) is 16.6 Å². The standard InChI is InChI=1S/C23H24ClN3O4S/c1-16(2)27(15-17-6-5-11-25-14-17)23(28)18-7-4-8-20(12-18)32(29,30)26-21-13-19(24)9-10-22(21)31-3/h4-14,16,26H,15H2,1-3H3. The minimum Gasteiger partial charge on any atom is -0.495 e. The van der Waals surface area contributed by atoms with Crippen molar-refractivity contribution >= 4 is 33.2 Å². The van der Waals surface area contributed by atoms with Gasteiger partial charge in [0.2, 0.25) is 0 Å². The van der Waals surface area contributed by atoms with Gasteiger partial charge < -0.3 is 9.64 Å². The van der Waals surface area contributed by atoms with Gasteiger partial charge in [0, 0.05) is 35.6 Å². The number of nitrogens with one attached hydrogen (secondary N) is 1. The first kappa shape index (κ1) is 23.6. The van der Waals surface area contributed by atoms with E-state index in [1.807, 2.05) is 19.9 Å². The molecule has 0 saturated carbocycles. The van der Waals surface area contributed by atoms with Gasteiger partial charge >= 0.3 is 0 Å². The predicted molar refractivity (Wildman–Crippen MR) is 125 cm³/mol. The Labute approximate surface area is 193 Å². The Morgan fingerprint density at radius 1 is 1.16 bits per heavy atom. The number of amides is 1. The van der Waals surface area contributed by atoms with Crippen LogP contribution in [0.25, 0.3) is 0 Å². The van der Waals surface area contributed by atoms with Crippen LogP contribution in [0.5, 0.6) is 5.75 Å². The molecule has 1 heterocycles. The molecule has 1 N–H and O–H groups in total. The molecule has 168 valence electrons. The van der Waals surface area contributed by atoms with Crippen molar-refractivity contribution in [1.82, 2.24) is 9.88 Å². The average Bonchev–Trinajstić information content (AvgIpc) is 2.77. The van der Waals surface area contributed by atoms with Crippen LogP contribution in [0.4, 0.5) is 5.69 Å². The zero-order valence-corrected chi connectivity index (χ0v) is 19.5. The Kier molecular flexibility index (Phi) is 7.37. The molecule has 0 radical (unpaired) electrons. The summed E-state index contributed by atoms with van der Waals surface area (Å²) < 4.78 is 33.7. The molecule has 0 spiro atoms. The quantitative estimate of drug-likeness (QED) is 0.516. The second kappa shape index (κ2) is 10.0. The number of carbonyl (C=O) groups is 1. The number of rotatable bonds is 8. The Hall–Kier alpha value is -3.10. The maximum Gasteiger partial charge on any atom is 0.262 e. The van der Waals surface area contributed by atoms with Crippen LogP contribution in [0.1, 0.15) is 29.8 Å². The molecule has 0 atom stereocenters. The van der Waals surface area contributed by atoms with Gasteiger partial charge in [-0.25, -0.2) is 8.42 Å². The summed E-state index contributed by atoms with van der Waals surface area (Å²) in [5, 5.41) is 0.357. The number of methoxy groups -OCH3 is 1. The lowest BCUT2D eigenvalue weighted by molar-refractivity contribution is 0.0690. The number of carbonyl (C=O) groups excluding carboxylic acids is 1. The highest BCUT2D eigenvalue weighted by molar-refractivity contribution is 7.92. The predicted octanol–water partition coefficient (Wildman–Crippen LogP) is 4.60. The van der Waals surface area contributed by atoms with Crippen LogP contribution in [-0.4, -0.2) is 37.4 Å². The minimum absolute atomic E-state index is 0.0459. The fraction of sp³-hybridized carbons (Fsp3) is 0.217. The molecule has 2 aromatic carbocycles. The Bertz CT molecular complexity index is 1200. The Morgan fingerprint density at radius 3 is 2.59 bits per heavy atom. The molecule has 0 bridgehead atoms. The molecule has 1 aromatic heterocycles. The van der Waals surface area contributed by atoms with E-state index in [4.69, 9.17) is 16.3 Å². The number of hydrogen-bond donors (Lipinski definition) is 1. The molecule has 0 aliphatic heterocycles. The number of benzene rings is 2. The largest absolute Gasteiger partial charge is 0.495 e. The lowest BCUT2D eigenvalue weighted by Gasteiger charge is -2.27. The third kappa shape index (κ3) is 5.57. The fourth-order valence-corrected chi connectivity index (χ4v) is 4.38. The molecule has 1 amide bonds. The fourth-order valence-electron chi connectivity index (χ4n) is 3.10. The first-order valence-corrected chi connectivity index (χ1v) is 11.7. The summed E-state index contributed by atoms with van der Waals surface area (Å²) in [5.41, 5.74) is 1.36. The lowest BCUT2D eigenvalue weighted by atomic mass is 10.1. The van der Waals surface area contributed by atoms with Crippen molar-refractivity contribution in [3.05, 3.63) is 83.1 Å². The number of anilines is 1. The van der Waals surface area contributed by atoms with Gasteiger partial charge in [0.15, 0.2) is 0 Å². The molecular weight excluding hydrogens is 450 g/mol. The highest BCUT2D eigenvalue weighted by Gasteiger charge is 2.23. The van der Waals surface area contributed by atoms with Crippen molar-refractivity contribution in [3.8, 4) is 5.75 Å². The van der Waals surface area contributed by atoms with E-state index in [1.54, 1.807) is 47.6 Å². The van der Waals surface area contributed by atoms with Crippen LogP contribution in [0.2, 0.25) is 5.02 Å². The van der Waals surface area contributed by atoms with E-state index in [1.165, 1.54) is 25.3 Å². The van der Waals surface area contributed by atoms with Crippen molar-refractivity contribution in [3.63, 3.8) is 0 Å². The summed E-state index contributed by atoms with van der Waals surface area (Å²) in [7, 11) is -2.56. The zero-order chi connectivity index (χ0) is 23.3. The molecule has 0 aliphatic rings. The van der Waals surface area contributed by atoms with Crippen molar-refractivity contribution in [2.24, 2.45) is 0 Å². The number of nitrogens with zero attached hydrogens (tertiary/aromatic N) is 2. The summed E-state index contributed by atoms with van der Waals surface area (Å²) in [6.07, 6.45) is 3.37. The Balaban J connectivity index is 1.89. The maximum atomic E-state index is 13.2. The average molecular weight is 474 g/mol. The summed E-state index contributed by atoms with van der Waals surface area (Å²) >= 11 is 6.00. The highest BCUT2D eigenvalue weighted by atomic mass is 35.5. The molecule has 0 saturated heterocycles. The number of aromatic nitrogens is 1. The van der Waals surface area contributed by atoms with Gasteiger partial charge in [-0.2, -0.15) is 0 Å². The van der Waals surface area contributed by atoms with E-state index >= 15 is 0 Å². The Morgan fingerprint density at radius 2 is 1.94 bits per heavy atom. The molecule has 3 rings (SSSR count). The van der Waals surface area contributed by atoms with E-state index in [9.17, 15) is 13.2 Å². The highest BCUT2D eigenvalue weighted by Crippen LogP contribution is 2.30. The molecule has 3 aromatic rings. The summed E-state index contributed by atoms with van der Waals surface area (Å²) in [4.78, 5) is 18.9. The van der Waals surface area contributed by atoms with Crippen LogP contribution in [0.3, 0.4) is 0 Å². The summed E-state index contributed by atoms with van der Waals surface area (Å²) in [6, 6.07) is 14.1. The van der Waals surface area contributed by atoms with Crippen LogP contribution in [0, 0.1) is 0 Å². The smallest absolute Gasteiger partial charge is 0.262 e. The van der Waals surface area contributed by atoms with Crippen molar-refractivity contribution in [1.29, 1.82) is 0 Å². The van der Waals surface area contributed by atoms with Gasteiger partial charge in [-0.05, 0) is 61.9 Å². The lowest BCUT2D eigenvalue weighted by Crippen LogP contribution is -2.36. The minimum atomic E-state index is -3.99. The normalized spacial score (nSPS) is 11.3. The molecular formula is C23H24ClN3O4S. The summed E-state index contributed by atoms with van der Waals surface area (Å²) in [5.74, 6) is 0.0499. The second-order valence-electron chi connectivity index (χ2n) is 7.37. The van der Waals surface area contributed by atoms with Gasteiger partial charge in [0.05, 0.1) is 17.7 Å². The monoisotopic (exact) mass is 473 g/mol. The van der Waals surface area contributed by atoms with E-state index in [2.05, 4.69) is 9.71 Å². The van der Waals surface area contributed by atoms with Gasteiger partial charge in [0.1, 0.15) is 5.75 Å². The van der Waals surface area contributed by atoms with Gasteiger partial charge in [0.25, 0.3) is 15.9 Å². The number of sulfonamides is 1. The SMILES string of the molecule is COc1ccc(Cl)cc1NS(=O)(=O)c1cccc(C(=O)N(Cc2cccnc2)C(C)C)c1. The van der Waals surface area contributed by atoms with Crippen LogP contribution < -0.4 is 9.46 Å². The van der Waals surface area contributed by atoms with E-state index < -0.39 is 10.0 Å². The number of halogens is 1. The van der Waals surface area contributed by atoms with Crippen molar-refractivity contribution in [2.45, 2.75) is 31.3 Å². The molecule has 9 heteroatoms. The topological polar surface area (TPSA) is 88.6 Å². The third-order valence-electron chi connectivity index (χ3n) is 4.76. The number of ether oxygens (including phenoxy) is 1. The van der Waals surface area contributed by atoms with Crippen LogP contribution >= 0.6 is 11.6 Å². The third-order valence-corrected chi connectivity index (χ3v) is 6.36. The van der Waals surface area contributed by atoms with Crippen molar-refractivity contribution in [2.75, 3.05) is 11.8 Å². The van der Waals surface area contributed by atoms with Gasteiger partial charge in [-0.15, -0.1) is 0 Å². The van der Waals surface area contributed by atoms with E-state index in [-0.39, 0.29) is 28.1 Å². The second-order valence-corrected chi connectivity index (χ2v) is 9.48. The van der Waals surface area contributed by atoms with Gasteiger partial charge in [-0.1, -0.05) is 23.7 Å². The molecule has 7 nitrogen and oxygen atoms in total. The van der Waals surface area contributed by atoms with Crippen LogP contribution in [0.15, 0.2) is 71.9 Å². The number of hydrogen-bond acceptors (Lipinski definition) is 5. The number of pyridine rings is 1. The summed E-state index contributed by atoms with van der Waals surface area (Å²) in [6.45, 7) is 4.17. The van der Waals surface area contributed by atoms with E-state index in [0.29, 0.717) is 17.3 Å². The molecule has 0 aliphatic carbocycles. The van der Waals surface area contributed by atoms with E-state index in [0.717, 1.165) is 5.56 Å². The first-order chi connectivity index (χ1) is 15.2. The molecule has 0 fully saturated rings. The molecule has 32 heavy (non-hydrogen) atoms. The van der Waals surface area contributed by atoms with Gasteiger partial charge in [-0.3, -0.25) is 14.5 Å². The first-order valence-electron chi connectivity index (χ1n) is 9.87. The zero-order valence-electron chi connectivity index (χ0n) is 17.9.